The number of hydrogen-bond donors (Lipinski definition) is 10. The number of esters is 1. The second-order valence-electron chi connectivity index (χ2n) is 12.5. The molecule has 2 aromatic carbocycles. The second-order valence-corrected chi connectivity index (χ2v) is 12.5. The maximum Gasteiger partial charge on any atom is 0.330 e. The van der Waals surface area contributed by atoms with Crippen molar-refractivity contribution < 1.29 is 84.0 Å². The van der Waals surface area contributed by atoms with Gasteiger partial charge < -0.3 is 79.2 Å². The van der Waals surface area contributed by atoms with E-state index in [2.05, 4.69) is 0 Å². The summed E-state index contributed by atoms with van der Waals surface area (Å²) in [5.74, 6) is -2.44. The number of benzene rings is 3. The molecule has 0 amide bonds. The van der Waals surface area contributed by atoms with Crippen molar-refractivity contribution in [2.75, 3.05) is 13.2 Å². The lowest BCUT2D eigenvalue weighted by atomic mass is 9.99. The van der Waals surface area contributed by atoms with Crippen LogP contribution in [-0.4, -0.2) is 132 Å². The van der Waals surface area contributed by atoms with E-state index in [1.54, 1.807) is 0 Å². The molecule has 2 aromatic rings. The lowest BCUT2D eigenvalue weighted by Crippen LogP contribution is -2.60. The third kappa shape index (κ3) is 8.11. The molecule has 6 rings (SSSR count). The minimum atomic E-state index is -1.91. The van der Waals surface area contributed by atoms with E-state index in [4.69, 9.17) is 28.1 Å². The summed E-state index contributed by atoms with van der Waals surface area (Å²) in [7, 11) is 0. The molecule has 0 bridgehead atoms. The van der Waals surface area contributed by atoms with E-state index in [9.17, 15) is 60.7 Å². The Morgan fingerprint density at radius 1 is 0.704 bits per heavy atom. The molecule has 18 heteroatoms. The molecule has 0 radical (unpaired) electrons. The van der Waals surface area contributed by atoms with Crippen LogP contribution in [0.15, 0.2) is 76.0 Å². The van der Waals surface area contributed by atoms with E-state index >= 15 is 0 Å². The van der Waals surface area contributed by atoms with E-state index in [0.29, 0.717) is 11.1 Å². The zero-order chi connectivity index (χ0) is 38.8. The Bertz CT molecular complexity index is 1990. The number of aliphatic hydroxyl groups excluding tert-OH is 7. The summed E-state index contributed by atoms with van der Waals surface area (Å²) in [6.07, 6.45) is -14.8. The number of ether oxygens (including phenoxy) is 5. The van der Waals surface area contributed by atoms with Crippen LogP contribution < -0.4 is 14.9 Å². The molecule has 288 valence electrons. The number of hydrogen-bond acceptors (Lipinski definition) is 18. The molecule has 2 saturated heterocycles. The highest BCUT2D eigenvalue weighted by Gasteiger charge is 2.47. The smallest absolute Gasteiger partial charge is 0.330 e. The topological polar surface area (TPSA) is 296 Å². The van der Waals surface area contributed by atoms with Gasteiger partial charge in [-0.1, -0.05) is 6.07 Å². The van der Waals surface area contributed by atoms with Gasteiger partial charge in [-0.3, -0.25) is 4.79 Å². The van der Waals surface area contributed by atoms with Crippen LogP contribution in [0.25, 0.3) is 28.7 Å². The van der Waals surface area contributed by atoms with Crippen LogP contribution in [0.4, 0.5) is 0 Å². The minimum absolute atomic E-state index is 0.00140. The standard InChI is InChI=1S/C36H36O18/c37-13-25-28(43)30(45)32(47)36(53-25)52-24-12-19-22(50-34(24)16-3-5-17(38)6-4-16)10-18(39)11-23(19)51-35-33(48)31(46)29(44)26(54-35)14-49-27(42)8-2-15-1-7-20(40)21(41)9-15/h1-12,25-26,28-33,35-38,40-41,43-48H,13-14H2/b8-2+/t25-,26-,28-,29-,30+,31+,32-,33-,35-,36-/m1/s1. The van der Waals surface area contributed by atoms with Gasteiger partial charge in [0.25, 0.3) is 0 Å². The van der Waals surface area contributed by atoms with Crippen molar-refractivity contribution >= 4 is 12.0 Å². The van der Waals surface area contributed by atoms with Crippen LogP contribution in [0, 0.1) is 0 Å². The van der Waals surface area contributed by atoms with Gasteiger partial charge in [-0.15, -0.1) is 0 Å². The third-order valence-electron chi connectivity index (χ3n) is 8.72. The molecule has 18 nitrogen and oxygen atoms in total. The van der Waals surface area contributed by atoms with E-state index in [1.165, 1.54) is 54.6 Å². The summed E-state index contributed by atoms with van der Waals surface area (Å²) in [5, 5.41) is 102. The number of rotatable bonds is 10. The number of phenolic OH excluding ortho intramolecular Hbond substituents is 3. The molecule has 2 fully saturated rings. The van der Waals surface area contributed by atoms with Crippen LogP contribution in [-0.2, 0) is 19.0 Å². The average Bonchev–Trinajstić information content (AvgIpc) is 3.15. The first-order chi connectivity index (χ1) is 25.7. The fourth-order valence-corrected chi connectivity index (χ4v) is 5.75. The molecule has 10 N–H and O–H groups in total. The van der Waals surface area contributed by atoms with Gasteiger partial charge in [-0.2, -0.15) is 0 Å². The third-order valence-corrected chi connectivity index (χ3v) is 8.72. The van der Waals surface area contributed by atoms with Crippen molar-refractivity contribution in [2.24, 2.45) is 0 Å². The minimum Gasteiger partial charge on any atom is -0.508 e. The number of carbonyl (C=O) groups is 1. The molecule has 0 aromatic heterocycles. The molecule has 4 aliphatic rings. The highest BCUT2D eigenvalue weighted by atomic mass is 16.7. The molecule has 0 saturated carbocycles. The van der Waals surface area contributed by atoms with Gasteiger partial charge in [-0.25, -0.2) is 4.79 Å². The SMILES string of the molecule is O=C(/C=C/c1ccc(O)c(O)c1)OC[C@H]1O[C@@H](Oc2cc(=O)cc3oc(-c4ccc(O)cc4)c(O[C@@H]4O[C@H](CO)[C@@H](O)[C@H](O)[C@H]4O)cc2-3)[C@H](O)[C@@H](O)[C@@H]1O. The van der Waals surface area contributed by atoms with Gasteiger partial charge in [0.2, 0.25) is 12.6 Å². The van der Waals surface area contributed by atoms with Gasteiger partial charge in [0.05, 0.1) is 12.2 Å². The van der Waals surface area contributed by atoms with Crippen molar-refractivity contribution in [3.8, 4) is 51.4 Å². The van der Waals surface area contributed by atoms with Crippen molar-refractivity contribution in [1.29, 1.82) is 0 Å². The highest BCUT2D eigenvalue weighted by Crippen LogP contribution is 2.43. The van der Waals surface area contributed by atoms with E-state index in [0.717, 1.165) is 18.2 Å². The maximum absolute atomic E-state index is 12.8. The van der Waals surface area contributed by atoms with Crippen LogP contribution >= 0.6 is 0 Å². The van der Waals surface area contributed by atoms with Crippen molar-refractivity contribution in [1.82, 2.24) is 0 Å². The molecule has 0 unspecified atom stereocenters. The Hall–Kier alpha value is -5.28. The predicted molar refractivity (Wildman–Crippen MR) is 180 cm³/mol. The summed E-state index contributed by atoms with van der Waals surface area (Å²) in [6.45, 7) is -1.38. The van der Waals surface area contributed by atoms with Crippen molar-refractivity contribution in [2.45, 2.75) is 61.4 Å². The van der Waals surface area contributed by atoms with Crippen molar-refractivity contribution in [3.05, 3.63) is 82.5 Å². The summed E-state index contributed by atoms with van der Waals surface area (Å²) >= 11 is 0. The molecule has 54 heavy (non-hydrogen) atoms. The van der Waals surface area contributed by atoms with E-state index < -0.39 is 91.8 Å². The number of carbonyl (C=O) groups excluding carboxylic acids is 1. The number of phenols is 3. The van der Waals surface area contributed by atoms with Crippen LogP contribution in [0.2, 0.25) is 0 Å². The van der Waals surface area contributed by atoms with Gasteiger partial charge in [0, 0.05) is 23.8 Å². The number of aromatic hydroxyl groups is 3. The quantitative estimate of drug-likeness (QED) is 0.0535. The van der Waals surface area contributed by atoms with E-state index in [1.807, 2.05) is 0 Å². The summed E-state index contributed by atoms with van der Waals surface area (Å²) in [4.78, 5) is 25.2. The van der Waals surface area contributed by atoms with Crippen LogP contribution in [0.1, 0.15) is 5.56 Å². The van der Waals surface area contributed by atoms with Gasteiger partial charge >= 0.3 is 5.97 Å². The van der Waals surface area contributed by atoms with Gasteiger partial charge in [-0.05, 0) is 54.1 Å². The predicted octanol–water partition coefficient (Wildman–Crippen LogP) is -0.850. The number of aliphatic hydroxyl groups is 7. The molecule has 0 spiro atoms. The highest BCUT2D eigenvalue weighted by molar-refractivity contribution is 5.87. The fourth-order valence-electron chi connectivity index (χ4n) is 5.75. The largest absolute Gasteiger partial charge is 0.508 e. The molecule has 3 aliphatic heterocycles. The Kier molecular flexibility index (Phi) is 11.4. The molecular formula is C36H36O18. The Morgan fingerprint density at radius 3 is 1.98 bits per heavy atom. The summed E-state index contributed by atoms with van der Waals surface area (Å²) in [5.41, 5.74) is -0.00326. The normalized spacial score (nSPS) is 28.6. The summed E-state index contributed by atoms with van der Waals surface area (Å²) < 4.78 is 34.2. The fraction of sp³-hybridized carbons (Fsp3) is 0.333. The first kappa shape index (κ1) is 38.4. The van der Waals surface area contributed by atoms with Crippen LogP contribution in [0.5, 0.6) is 28.7 Å². The molecule has 1 aliphatic carbocycles. The lowest BCUT2D eigenvalue weighted by Gasteiger charge is -2.40. The first-order valence-corrected chi connectivity index (χ1v) is 16.4. The van der Waals surface area contributed by atoms with Gasteiger partial charge in [0.1, 0.15) is 72.7 Å². The van der Waals surface area contributed by atoms with Gasteiger partial charge in [0.15, 0.2) is 28.4 Å². The maximum atomic E-state index is 12.8. The van der Waals surface area contributed by atoms with E-state index in [-0.39, 0.29) is 40.1 Å². The Labute approximate surface area is 304 Å². The molecule has 10 atom stereocenters. The number of fused-ring (bicyclic) bond motifs is 1. The van der Waals surface area contributed by atoms with Crippen LogP contribution in [0.3, 0.4) is 0 Å². The lowest BCUT2D eigenvalue weighted by molar-refractivity contribution is -0.278. The molecular weight excluding hydrogens is 720 g/mol. The molecule has 3 heterocycles. The van der Waals surface area contributed by atoms with Crippen molar-refractivity contribution in [3.63, 3.8) is 0 Å². The summed E-state index contributed by atoms with van der Waals surface area (Å²) in [6, 6.07) is 12.7. The average molecular weight is 757 g/mol. The monoisotopic (exact) mass is 756 g/mol. The zero-order valence-corrected chi connectivity index (χ0v) is 27.9. The Balaban J connectivity index is 1.28. The Morgan fingerprint density at radius 2 is 1.33 bits per heavy atom. The zero-order valence-electron chi connectivity index (χ0n) is 27.9. The second kappa shape index (κ2) is 16.0. The first-order valence-electron chi connectivity index (χ1n) is 16.4.